The Balaban J connectivity index is 2.95. The van der Waals surface area contributed by atoms with Crippen molar-refractivity contribution in [3.63, 3.8) is 0 Å². The first-order valence-corrected chi connectivity index (χ1v) is 6.16. The van der Waals surface area contributed by atoms with Gasteiger partial charge in [0.05, 0.1) is 25.2 Å². The highest BCUT2D eigenvalue weighted by molar-refractivity contribution is 5.76. The molecule has 0 aliphatic rings. The molecule has 1 aromatic rings. The van der Waals surface area contributed by atoms with Crippen LogP contribution in [0.25, 0.3) is 0 Å². The van der Waals surface area contributed by atoms with Gasteiger partial charge in [0.15, 0.2) is 5.92 Å². The molecule has 0 bridgehead atoms. The minimum absolute atomic E-state index is 0.261. The van der Waals surface area contributed by atoms with E-state index in [1.165, 1.54) is 0 Å². The van der Waals surface area contributed by atoms with Crippen LogP contribution in [0.15, 0.2) is 24.3 Å². The van der Waals surface area contributed by atoms with Crippen LogP contribution in [0.5, 0.6) is 0 Å². The fourth-order valence-corrected chi connectivity index (χ4v) is 1.87. The predicted molar refractivity (Wildman–Crippen MR) is 69.9 cm³/mol. The number of hydrogen-bond acceptors (Lipinski definition) is 4. The zero-order valence-electron chi connectivity index (χ0n) is 11.1. The van der Waals surface area contributed by atoms with Crippen molar-refractivity contribution in [2.75, 3.05) is 6.61 Å². The highest BCUT2D eigenvalue weighted by Gasteiger charge is 2.27. The lowest BCUT2D eigenvalue weighted by molar-refractivity contribution is -0.146. The lowest BCUT2D eigenvalue weighted by Gasteiger charge is -2.17. The van der Waals surface area contributed by atoms with E-state index >= 15 is 0 Å². The van der Waals surface area contributed by atoms with Crippen LogP contribution >= 0.6 is 0 Å². The van der Waals surface area contributed by atoms with Gasteiger partial charge in [-0.15, -0.1) is 0 Å². The second-order valence-corrected chi connectivity index (χ2v) is 4.23. The molecule has 0 saturated heterocycles. The van der Waals surface area contributed by atoms with Gasteiger partial charge in [0.1, 0.15) is 0 Å². The van der Waals surface area contributed by atoms with Gasteiger partial charge in [0.2, 0.25) is 0 Å². The lowest BCUT2D eigenvalue weighted by Crippen LogP contribution is -2.21. The van der Waals surface area contributed by atoms with E-state index in [9.17, 15) is 4.79 Å². The SMILES string of the molecule is CCOC(=O)[C@@H](C#N)[C@@H](C)c1cccc(CC#N)c1. The van der Waals surface area contributed by atoms with Crippen molar-refractivity contribution in [1.82, 2.24) is 0 Å². The Morgan fingerprint density at radius 2 is 2.16 bits per heavy atom. The first-order valence-electron chi connectivity index (χ1n) is 6.16. The molecule has 19 heavy (non-hydrogen) atoms. The zero-order chi connectivity index (χ0) is 14.3. The largest absolute Gasteiger partial charge is 0.465 e. The number of carbonyl (C=O) groups excluding carboxylic acids is 1. The van der Waals surface area contributed by atoms with Crippen LogP contribution in [-0.2, 0) is 16.0 Å². The maximum atomic E-state index is 11.7. The van der Waals surface area contributed by atoms with Gasteiger partial charge in [-0.2, -0.15) is 10.5 Å². The van der Waals surface area contributed by atoms with Crippen LogP contribution in [0.2, 0.25) is 0 Å². The Morgan fingerprint density at radius 3 is 2.74 bits per heavy atom. The first kappa shape index (κ1) is 14.7. The van der Waals surface area contributed by atoms with Gasteiger partial charge in [0.25, 0.3) is 0 Å². The topological polar surface area (TPSA) is 73.9 Å². The standard InChI is InChI=1S/C15H16N2O2/c1-3-19-15(18)14(10-17)11(2)13-6-4-5-12(9-13)7-8-16/h4-6,9,11,14H,3,7H2,1-2H3/t11-,14-/m0/s1. The number of benzene rings is 1. The minimum atomic E-state index is -0.822. The Labute approximate surface area is 113 Å². The Hall–Kier alpha value is -2.33. The number of hydrogen-bond donors (Lipinski definition) is 0. The third kappa shape index (κ3) is 3.82. The van der Waals surface area contributed by atoms with Gasteiger partial charge in [-0.25, -0.2) is 0 Å². The Morgan fingerprint density at radius 1 is 1.42 bits per heavy atom. The molecule has 0 aliphatic heterocycles. The Kier molecular flexibility index (Phi) is 5.57. The summed E-state index contributed by atoms with van der Waals surface area (Å²) in [5.74, 6) is -1.58. The molecule has 0 heterocycles. The van der Waals surface area contributed by atoms with E-state index < -0.39 is 11.9 Å². The molecule has 0 fully saturated rings. The summed E-state index contributed by atoms with van der Waals surface area (Å²) < 4.78 is 4.90. The highest BCUT2D eigenvalue weighted by Crippen LogP contribution is 2.25. The summed E-state index contributed by atoms with van der Waals surface area (Å²) in [7, 11) is 0. The van der Waals surface area contributed by atoms with Crippen LogP contribution in [0.3, 0.4) is 0 Å². The molecule has 0 aliphatic carbocycles. The average molecular weight is 256 g/mol. The van der Waals surface area contributed by atoms with E-state index in [2.05, 4.69) is 6.07 Å². The van der Waals surface area contributed by atoms with E-state index in [-0.39, 0.29) is 12.5 Å². The number of carbonyl (C=O) groups is 1. The number of esters is 1. The van der Waals surface area contributed by atoms with Crippen molar-refractivity contribution in [2.24, 2.45) is 5.92 Å². The van der Waals surface area contributed by atoms with Crippen molar-refractivity contribution in [3.05, 3.63) is 35.4 Å². The zero-order valence-corrected chi connectivity index (χ0v) is 11.1. The molecule has 0 unspecified atom stereocenters. The fourth-order valence-electron chi connectivity index (χ4n) is 1.87. The second-order valence-electron chi connectivity index (χ2n) is 4.23. The summed E-state index contributed by atoms with van der Waals surface area (Å²) in [6.45, 7) is 3.79. The number of nitriles is 2. The van der Waals surface area contributed by atoms with Crippen LogP contribution in [0.4, 0.5) is 0 Å². The van der Waals surface area contributed by atoms with Crippen LogP contribution in [-0.4, -0.2) is 12.6 Å². The van der Waals surface area contributed by atoms with Gasteiger partial charge in [-0.3, -0.25) is 4.79 Å². The highest BCUT2D eigenvalue weighted by atomic mass is 16.5. The normalized spacial score (nSPS) is 12.8. The molecule has 2 atom stereocenters. The van der Waals surface area contributed by atoms with Crippen molar-refractivity contribution < 1.29 is 9.53 Å². The summed E-state index contributed by atoms with van der Waals surface area (Å²) in [5, 5.41) is 17.8. The quantitative estimate of drug-likeness (QED) is 0.759. The van der Waals surface area contributed by atoms with Crippen LogP contribution in [0, 0.1) is 28.6 Å². The molecule has 4 nitrogen and oxygen atoms in total. The summed E-state index contributed by atoms with van der Waals surface area (Å²) in [5.41, 5.74) is 1.75. The monoisotopic (exact) mass is 256 g/mol. The van der Waals surface area contributed by atoms with Gasteiger partial charge in [-0.1, -0.05) is 31.2 Å². The van der Waals surface area contributed by atoms with Gasteiger partial charge in [0, 0.05) is 5.92 Å². The minimum Gasteiger partial charge on any atom is -0.465 e. The summed E-state index contributed by atoms with van der Waals surface area (Å²) in [4.78, 5) is 11.7. The second kappa shape index (κ2) is 7.18. The number of ether oxygens (including phenoxy) is 1. The van der Waals surface area contributed by atoms with Crippen LogP contribution in [0.1, 0.15) is 30.9 Å². The molecule has 0 saturated carbocycles. The van der Waals surface area contributed by atoms with Gasteiger partial charge < -0.3 is 4.74 Å². The first-order chi connectivity index (χ1) is 9.13. The average Bonchev–Trinajstić information content (AvgIpc) is 2.40. The summed E-state index contributed by atoms with van der Waals surface area (Å²) in [6, 6.07) is 11.5. The van der Waals surface area contributed by atoms with Crippen molar-refractivity contribution in [1.29, 1.82) is 10.5 Å². The van der Waals surface area contributed by atoms with Crippen molar-refractivity contribution in [3.8, 4) is 12.1 Å². The molecular formula is C15H16N2O2. The molecule has 0 aromatic heterocycles. The van der Waals surface area contributed by atoms with E-state index in [4.69, 9.17) is 15.3 Å². The summed E-state index contributed by atoms with van der Waals surface area (Å²) >= 11 is 0. The Bertz CT molecular complexity index is 526. The number of rotatable bonds is 5. The van der Waals surface area contributed by atoms with E-state index in [1.54, 1.807) is 6.92 Å². The molecule has 1 aromatic carbocycles. The third-order valence-electron chi connectivity index (χ3n) is 2.94. The van der Waals surface area contributed by atoms with Gasteiger partial charge >= 0.3 is 5.97 Å². The fraction of sp³-hybridized carbons (Fsp3) is 0.400. The third-order valence-corrected chi connectivity index (χ3v) is 2.94. The molecule has 98 valence electrons. The van der Waals surface area contributed by atoms with E-state index in [1.807, 2.05) is 37.3 Å². The predicted octanol–water partition coefficient (Wildman–Crippen LogP) is 2.56. The van der Waals surface area contributed by atoms with Crippen molar-refractivity contribution in [2.45, 2.75) is 26.2 Å². The molecule has 1 rings (SSSR count). The number of nitrogens with zero attached hydrogens (tertiary/aromatic N) is 2. The lowest BCUT2D eigenvalue weighted by atomic mass is 9.87. The smallest absolute Gasteiger partial charge is 0.323 e. The molecule has 0 spiro atoms. The van der Waals surface area contributed by atoms with E-state index in [0.29, 0.717) is 6.42 Å². The molecular weight excluding hydrogens is 240 g/mol. The molecule has 0 N–H and O–H groups in total. The maximum absolute atomic E-state index is 11.7. The molecule has 0 radical (unpaired) electrons. The maximum Gasteiger partial charge on any atom is 0.323 e. The van der Waals surface area contributed by atoms with E-state index in [0.717, 1.165) is 11.1 Å². The van der Waals surface area contributed by atoms with Crippen molar-refractivity contribution >= 4 is 5.97 Å². The summed E-state index contributed by atoms with van der Waals surface area (Å²) in [6.07, 6.45) is 0.317. The molecule has 4 heteroatoms. The molecule has 0 amide bonds. The van der Waals surface area contributed by atoms with Gasteiger partial charge in [-0.05, 0) is 18.1 Å². The van der Waals surface area contributed by atoms with Crippen LogP contribution < -0.4 is 0 Å².